The van der Waals surface area contributed by atoms with Crippen LogP contribution in [-0.4, -0.2) is 38.7 Å². The lowest BCUT2D eigenvalue weighted by atomic mass is 10.0. The number of nitrogens with one attached hydrogen (secondary N) is 1. The summed E-state index contributed by atoms with van der Waals surface area (Å²) in [7, 11) is 3.85. The molecule has 1 aromatic rings. The van der Waals surface area contributed by atoms with Crippen LogP contribution >= 0.6 is 11.6 Å². The molecule has 1 saturated heterocycles. The van der Waals surface area contributed by atoms with E-state index in [4.69, 9.17) is 16.3 Å². The molecule has 2 rings (SSSR count). The fourth-order valence-electron chi connectivity index (χ4n) is 2.28. The van der Waals surface area contributed by atoms with Crippen LogP contribution in [0.5, 0.6) is 5.75 Å². The Hall–Kier alpha value is -0.770. The lowest BCUT2D eigenvalue weighted by Crippen LogP contribution is -2.47. The highest BCUT2D eigenvalue weighted by molar-refractivity contribution is 6.31. The molecule has 0 atom stereocenters. The van der Waals surface area contributed by atoms with Crippen molar-refractivity contribution < 1.29 is 4.74 Å². The number of halogens is 1. The summed E-state index contributed by atoms with van der Waals surface area (Å²) in [6.07, 6.45) is 0. The minimum atomic E-state index is 0.780. The van der Waals surface area contributed by atoms with Crippen LogP contribution in [0.2, 0.25) is 5.02 Å². The van der Waals surface area contributed by atoms with Crippen molar-refractivity contribution in [2.24, 2.45) is 5.92 Å². The van der Waals surface area contributed by atoms with Crippen molar-refractivity contribution in [3.63, 3.8) is 0 Å². The number of methoxy groups -OCH3 is 1. The van der Waals surface area contributed by atoms with Gasteiger partial charge in [-0.25, -0.2) is 0 Å². The van der Waals surface area contributed by atoms with Crippen molar-refractivity contribution in [2.75, 3.05) is 33.8 Å². The second-order valence-corrected chi connectivity index (χ2v) is 5.54. The molecule has 0 saturated carbocycles. The third kappa shape index (κ3) is 3.16. The largest absolute Gasteiger partial charge is 0.496 e. The van der Waals surface area contributed by atoms with Gasteiger partial charge in [-0.05, 0) is 37.6 Å². The molecule has 0 amide bonds. The average Bonchev–Trinajstić information content (AvgIpc) is 2.28. The molecule has 18 heavy (non-hydrogen) atoms. The Labute approximate surface area is 114 Å². The average molecular weight is 269 g/mol. The summed E-state index contributed by atoms with van der Waals surface area (Å²) in [5.41, 5.74) is 2.21. The quantitative estimate of drug-likeness (QED) is 0.887. The zero-order valence-corrected chi connectivity index (χ0v) is 12.0. The van der Waals surface area contributed by atoms with E-state index in [-0.39, 0.29) is 0 Å². The molecular formula is C14H21ClN2O. The molecule has 1 aromatic carbocycles. The van der Waals surface area contributed by atoms with Gasteiger partial charge in [0.15, 0.2) is 0 Å². The van der Waals surface area contributed by atoms with E-state index >= 15 is 0 Å². The standard InChI is InChI=1S/C14H21ClN2O/c1-10-4-14(18-3)12(5-13(10)15)9-17(2)8-11-6-16-7-11/h4-5,11,16H,6-9H2,1-3H3. The van der Waals surface area contributed by atoms with Gasteiger partial charge in [-0.15, -0.1) is 0 Å². The smallest absolute Gasteiger partial charge is 0.123 e. The molecule has 0 bridgehead atoms. The topological polar surface area (TPSA) is 24.5 Å². The van der Waals surface area contributed by atoms with Gasteiger partial charge in [-0.2, -0.15) is 0 Å². The number of ether oxygens (including phenoxy) is 1. The lowest BCUT2D eigenvalue weighted by Gasteiger charge is -2.31. The molecule has 0 unspecified atom stereocenters. The summed E-state index contributed by atoms with van der Waals surface area (Å²) < 4.78 is 5.43. The molecule has 100 valence electrons. The zero-order chi connectivity index (χ0) is 13.1. The number of rotatable bonds is 5. The van der Waals surface area contributed by atoms with Crippen LogP contribution in [-0.2, 0) is 6.54 Å². The Morgan fingerprint density at radius 3 is 2.72 bits per heavy atom. The fraction of sp³-hybridized carbons (Fsp3) is 0.571. The molecule has 4 heteroatoms. The van der Waals surface area contributed by atoms with E-state index in [0.29, 0.717) is 0 Å². The van der Waals surface area contributed by atoms with E-state index in [0.717, 1.165) is 54.0 Å². The molecule has 0 radical (unpaired) electrons. The summed E-state index contributed by atoms with van der Waals surface area (Å²) in [5, 5.41) is 4.11. The van der Waals surface area contributed by atoms with E-state index < -0.39 is 0 Å². The van der Waals surface area contributed by atoms with Crippen LogP contribution in [0.15, 0.2) is 12.1 Å². The Kier molecular flexibility index (Phi) is 4.49. The minimum Gasteiger partial charge on any atom is -0.496 e. The molecule has 1 N–H and O–H groups in total. The minimum absolute atomic E-state index is 0.780. The highest BCUT2D eigenvalue weighted by Crippen LogP contribution is 2.27. The summed E-state index contributed by atoms with van der Waals surface area (Å²) in [6, 6.07) is 4.03. The van der Waals surface area contributed by atoms with Gasteiger partial charge in [0.2, 0.25) is 0 Å². The SMILES string of the molecule is COc1cc(C)c(Cl)cc1CN(C)CC1CNC1. The third-order valence-corrected chi connectivity index (χ3v) is 3.85. The molecule has 1 aliphatic heterocycles. The lowest BCUT2D eigenvalue weighted by molar-refractivity contribution is 0.217. The summed E-state index contributed by atoms with van der Waals surface area (Å²) in [6.45, 7) is 6.26. The van der Waals surface area contributed by atoms with Crippen molar-refractivity contribution >= 4 is 11.6 Å². The summed E-state index contributed by atoms with van der Waals surface area (Å²) in [4.78, 5) is 2.33. The van der Waals surface area contributed by atoms with Crippen molar-refractivity contribution in [3.8, 4) is 5.75 Å². The summed E-state index contributed by atoms with van der Waals surface area (Å²) in [5.74, 6) is 1.71. The van der Waals surface area contributed by atoms with Crippen LogP contribution in [0.1, 0.15) is 11.1 Å². The first-order chi connectivity index (χ1) is 8.60. The Balaban J connectivity index is 2.04. The van der Waals surface area contributed by atoms with Crippen LogP contribution in [0.3, 0.4) is 0 Å². The van der Waals surface area contributed by atoms with Crippen LogP contribution in [0, 0.1) is 12.8 Å². The second kappa shape index (κ2) is 5.91. The van der Waals surface area contributed by atoms with E-state index in [1.807, 2.05) is 19.1 Å². The van der Waals surface area contributed by atoms with Crippen molar-refractivity contribution in [2.45, 2.75) is 13.5 Å². The van der Waals surface area contributed by atoms with E-state index in [1.165, 1.54) is 0 Å². The van der Waals surface area contributed by atoms with Gasteiger partial charge in [0.1, 0.15) is 5.75 Å². The normalized spacial score (nSPS) is 15.8. The van der Waals surface area contributed by atoms with Gasteiger partial charge in [-0.1, -0.05) is 11.6 Å². The highest BCUT2D eigenvalue weighted by Gasteiger charge is 2.19. The van der Waals surface area contributed by atoms with E-state index in [2.05, 4.69) is 17.3 Å². The maximum absolute atomic E-state index is 6.19. The predicted octanol–water partition coefficient (Wildman–Crippen LogP) is 2.31. The fourth-order valence-corrected chi connectivity index (χ4v) is 2.47. The van der Waals surface area contributed by atoms with E-state index in [9.17, 15) is 0 Å². The van der Waals surface area contributed by atoms with Crippen molar-refractivity contribution in [1.82, 2.24) is 10.2 Å². The molecule has 0 spiro atoms. The Bertz CT molecular complexity index is 419. The first kappa shape index (κ1) is 13.7. The number of hydrogen-bond donors (Lipinski definition) is 1. The molecular weight excluding hydrogens is 248 g/mol. The second-order valence-electron chi connectivity index (χ2n) is 5.13. The van der Waals surface area contributed by atoms with Crippen LogP contribution in [0.4, 0.5) is 0 Å². The Morgan fingerprint density at radius 1 is 1.44 bits per heavy atom. The molecule has 0 aromatic heterocycles. The van der Waals surface area contributed by atoms with Crippen molar-refractivity contribution in [3.05, 3.63) is 28.3 Å². The molecule has 1 fully saturated rings. The molecule has 3 nitrogen and oxygen atoms in total. The molecule has 1 aliphatic rings. The van der Waals surface area contributed by atoms with Gasteiger partial charge >= 0.3 is 0 Å². The van der Waals surface area contributed by atoms with Crippen molar-refractivity contribution in [1.29, 1.82) is 0 Å². The van der Waals surface area contributed by atoms with Gasteiger partial charge in [-0.3, -0.25) is 0 Å². The molecule has 0 aliphatic carbocycles. The number of nitrogens with zero attached hydrogens (tertiary/aromatic N) is 1. The number of aryl methyl sites for hydroxylation is 1. The van der Waals surface area contributed by atoms with Gasteiger partial charge in [0, 0.05) is 36.8 Å². The summed E-state index contributed by atoms with van der Waals surface area (Å²) >= 11 is 6.19. The van der Waals surface area contributed by atoms with E-state index in [1.54, 1.807) is 7.11 Å². The van der Waals surface area contributed by atoms with Gasteiger partial charge < -0.3 is 15.0 Å². The maximum atomic E-state index is 6.19. The van der Waals surface area contributed by atoms with Crippen LogP contribution < -0.4 is 10.1 Å². The number of benzene rings is 1. The number of hydrogen-bond acceptors (Lipinski definition) is 3. The van der Waals surface area contributed by atoms with Gasteiger partial charge in [0.05, 0.1) is 7.11 Å². The molecule has 1 heterocycles. The van der Waals surface area contributed by atoms with Gasteiger partial charge in [0.25, 0.3) is 0 Å². The zero-order valence-electron chi connectivity index (χ0n) is 11.3. The first-order valence-electron chi connectivity index (χ1n) is 6.32. The van der Waals surface area contributed by atoms with Crippen LogP contribution in [0.25, 0.3) is 0 Å². The Morgan fingerprint density at radius 2 is 2.17 bits per heavy atom. The monoisotopic (exact) mass is 268 g/mol. The third-order valence-electron chi connectivity index (χ3n) is 3.44. The first-order valence-corrected chi connectivity index (χ1v) is 6.70. The predicted molar refractivity (Wildman–Crippen MR) is 75.4 cm³/mol. The maximum Gasteiger partial charge on any atom is 0.123 e. The highest BCUT2D eigenvalue weighted by atomic mass is 35.5.